The zero-order valence-electron chi connectivity index (χ0n) is 16.0. The van der Waals surface area contributed by atoms with Crippen molar-refractivity contribution in [3.05, 3.63) is 65.7 Å². The van der Waals surface area contributed by atoms with Crippen molar-refractivity contribution in [2.75, 3.05) is 25.5 Å². The quantitative estimate of drug-likeness (QED) is 0.884. The van der Waals surface area contributed by atoms with E-state index in [-0.39, 0.29) is 17.9 Å². The molecule has 1 fully saturated rings. The minimum Gasteiger partial charge on any atom is -0.388 e. The van der Waals surface area contributed by atoms with E-state index < -0.39 is 0 Å². The molecule has 5 heteroatoms. The van der Waals surface area contributed by atoms with Gasteiger partial charge in [0.05, 0.1) is 0 Å². The van der Waals surface area contributed by atoms with Gasteiger partial charge in [-0.1, -0.05) is 37.3 Å². The van der Waals surface area contributed by atoms with Crippen molar-refractivity contribution in [1.29, 1.82) is 0 Å². The van der Waals surface area contributed by atoms with E-state index in [1.165, 1.54) is 0 Å². The number of nitrogens with zero attached hydrogens (tertiary/aromatic N) is 2. The molecule has 0 bridgehead atoms. The Balaban J connectivity index is 1.76. The number of hydrogen-bond donors (Lipinski definition) is 1. The van der Waals surface area contributed by atoms with Crippen molar-refractivity contribution in [1.82, 2.24) is 9.80 Å². The first-order valence-electron chi connectivity index (χ1n) is 9.53. The summed E-state index contributed by atoms with van der Waals surface area (Å²) in [6, 6.07) is 17.5. The lowest BCUT2D eigenvalue weighted by Gasteiger charge is -2.31. The number of nitrogens with one attached hydrogen (secondary N) is 1. The number of benzene rings is 2. The Hall–Kier alpha value is -2.82. The van der Waals surface area contributed by atoms with Crippen LogP contribution in [-0.2, 0) is 11.3 Å². The number of carbonyl (C=O) groups is 2. The van der Waals surface area contributed by atoms with Crippen LogP contribution in [0.4, 0.5) is 5.69 Å². The summed E-state index contributed by atoms with van der Waals surface area (Å²) < 4.78 is 0. The lowest BCUT2D eigenvalue weighted by atomic mass is 10.1. The van der Waals surface area contributed by atoms with Gasteiger partial charge in [0.2, 0.25) is 5.91 Å². The van der Waals surface area contributed by atoms with Crippen LogP contribution in [0.25, 0.3) is 0 Å². The van der Waals surface area contributed by atoms with Crippen LogP contribution >= 0.6 is 0 Å². The van der Waals surface area contributed by atoms with Gasteiger partial charge in [0.15, 0.2) is 0 Å². The average molecular weight is 365 g/mol. The van der Waals surface area contributed by atoms with Gasteiger partial charge in [0, 0.05) is 50.4 Å². The molecule has 2 aromatic carbocycles. The van der Waals surface area contributed by atoms with E-state index in [0.717, 1.165) is 17.7 Å². The summed E-state index contributed by atoms with van der Waals surface area (Å²) in [5.41, 5.74) is 2.75. The van der Waals surface area contributed by atoms with Crippen LogP contribution in [0.15, 0.2) is 54.6 Å². The fourth-order valence-corrected chi connectivity index (χ4v) is 3.52. The van der Waals surface area contributed by atoms with E-state index in [1.54, 1.807) is 0 Å². The molecule has 142 valence electrons. The largest absolute Gasteiger partial charge is 0.388 e. The van der Waals surface area contributed by atoms with Crippen LogP contribution in [0.1, 0.15) is 35.7 Å². The van der Waals surface area contributed by atoms with E-state index in [9.17, 15) is 9.59 Å². The predicted molar refractivity (Wildman–Crippen MR) is 108 cm³/mol. The van der Waals surface area contributed by atoms with Crippen molar-refractivity contribution in [2.24, 2.45) is 0 Å². The summed E-state index contributed by atoms with van der Waals surface area (Å²) in [6.07, 6.45) is 1.19. The van der Waals surface area contributed by atoms with E-state index in [4.69, 9.17) is 0 Å². The lowest BCUT2D eigenvalue weighted by Crippen LogP contribution is -2.43. The summed E-state index contributed by atoms with van der Waals surface area (Å²) in [7, 11) is 1.85. The standard InChI is InChI=1S/C22H27N3O2/c1-3-20-16-24(22(27)18-9-11-19(23-2)12-10-18)14-13-21(26)25(20)15-17-7-5-4-6-8-17/h4-12,20,23H,3,13-16H2,1-2H3. The second-order valence-electron chi connectivity index (χ2n) is 6.90. The van der Waals surface area contributed by atoms with Crippen LogP contribution in [0.5, 0.6) is 0 Å². The van der Waals surface area contributed by atoms with E-state index in [1.807, 2.05) is 71.4 Å². The fraction of sp³-hybridized carbons (Fsp3) is 0.364. The van der Waals surface area contributed by atoms with E-state index >= 15 is 0 Å². The van der Waals surface area contributed by atoms with Gasteiger partial charge < -0.3 is 15.1 Å². The normalized spacial score (nSPS) is 17.6. The highest BCUT2D eigenvalue weighted by Gasteiger charge is 2.31. The van der Waals surface area contributed by atoms with Crippen molar-refractivity contribution < 1.29 is 9.59 Å². The monoisotopic (exact) mass is 365 g/mol. The Labute approximate surface area is 161 Å². The zero-order valence-corrected chi connectivity index (χ0v) is 16.0. The molecule has 1 N–H and O–H groups in total. The first-order valence-corrected chi connectivity index (χ1v) is 9.53. The first-order chi connectivity index (χ1) is 13.1. The molecule has 27 heavy (non-hydrogen) atoms. The fourth-order valence-electron chi connectivity index (χ4n) is 3.52. The van der Waals surface area contributed by atoms with Gasteiger partial charge in [-0.3, -0.25) is 9.59 Å². The Morgan fingerprint density at radius 2 is 1.81 bits per heavy atom. The molecule has 0 radical (unpaired) electrons. The van der Waals surface area contributed by atoms with Crippen molar-refractivity contribution in [3.8, 4) is 0 Å². The van der Waals surface area contributed by atoms with Crippen LogP contribution in [0, 0.1) is 0 Å². The Kier molecular flexibility index (Phi) is 6.12. The molecule has 1 unspecified atom stereocenters. The van der Waals surface area contributed by atoms with Gasteiger partial charge in [-0.2, -0.15) is 0 Å². The molecule has 1 heterocycles. The number of rotatable bonds is 5. The molecule has 2 aromatic rings. The molecule has 2 amide bonds. The van der Waals surface area contributed by atoms with Crippen LogP contribution in [0.2, 0.25) is 0 Å². The van der Waals surface area contributed by atoms with E-state index in [0.29, 0.717) is 31.6 Å². The molecule has 1 aliphatic heterocycles. The maximum absolute atomic E-state index is 13.0. The van der Waals surface area contributed by atoms with Gasteiger partial charge >= 0.3 is 0 Å². The summed E-state index contributed by atoms with van der Waals surface area (Å²) in [6.45, 7) is 3.71. The second-order valence-corrected chi connectivity index (χ2v) is 6.90. The smallest absolute Gasteiger partial charge is 0.253 e. The third-order valence-electron chi connectivity index (χ3n) is 5.16. The minimum absolute atomic E-state index is 0.00883. The molecule has 0 saturated carbocycles. The summed E-state index contributed by atoms with van der Waals surface area (Å²) >= 11 is 0. The molecule has 1 atom stereocenters. The molecule has 1 aliphatic rings. The minimum atomic E-state index is -0.00883. The topological polar surface area (TPSA) is 52.7 Å². The highest BCUT2D eigenvalue weighted by atomic mass is 16.2. The lowest BCUT2D eigenvalue weighted by molar-refractivity contribution is -0.133. The zero-order chi connectivity index (χ0) is 19.2. The molecule has 0 spiro atoms. The van der Waals surface area contributed by atoms with Crippen molar-refractivity contribution in [2.45, 2.75) is 32.4 Å². The van der Waals surface area contributed by atoms with Crippen molar-refractivity contribution in [3.63, 3.8) is 0 Å². The predicted octanol–water partition coefficient (Wildman–Crippen LogP) is 3.38. The highest BCUT2D eigenvalue weighted by Crippen LogP contribution is 2.20. The molecular formula is C22H27N3O2. The maximum atomic E-state index is 13.0. The maximum Gasteiger partial charge on any atom is 0.253 e. The Bertz CT molecular complexity index is 774. The van der Waals surface area contributed by atoms with Gasteiger partial charge in [0.25, 0.3) is 5.91 Å². The third kappa shape index (κ3) is 4.48. The number of amides is 2. The number of anilines is 1. The third-order valence-corrected chi connectivity index (χ3v) is 5.16. The Morgan fingerprint density at radius 3 is 2.44 bits per heavy atom. The average Bonchev–Trinajstić information content (AvgIpc) is 2.87. The van der Waals surface area contributed by atoms with Gasteiger partial charge in [-0.15, -0.1) is 0 Å². The van der Waals surface area contributed by atoms with Gasteiger partial charge in [-0.05, 0) is 36.2 Å². The van der Waals surface area contributed by atoms with Crippen LogP contribution in [0.3, 0.4) is 0 Å². The molecule has 5 nitrogen and oxygen atoms in total. The highest BCUT2D eigenvalue weighted by molar-refractivity contribution is 5.95. The van der Waals surface area contributed by atoms with E-state index in [2.05, 4.69) is 12.2 Å². The SMILES string of the molecule is CCC1CN(C(=O)c2ccc(NC)cc2)CCC(=O)N1Cc1ccccc1. The first kappa shape index (κ1) is 19.0. The van der Waals surface area contributed by atoms with Crippen LogP contribution < -0.4 is 5.32 Å². The number of hydrogen-bond acceptors (Lipinski definition) is 3. The van der Waals surface area contributed by atoms with Gasteiger partial charge in [0.1, 0.15) is 0 Å². The second kappa shape index (κ2) is 8.71. The summed E-state index contributed by atoms with van der Waals surface area (Å²) in [4.78, 5) is 29.5. The van der Waals surface area contributed by atoms with Crippen molar-refractivity contribution >= 4 is 17.5 Å². The van der Waals surface area contributed by atoms with Gasteiger partial charge in [-0.25, -0.2) is 0 Å². The molecule has 3 rings (SSSR count). The number of carbonyl (C=O) groups excluding carboxylic acids is 2. The van der Waals surface area contributed by atoms with Crippen LogP contribution in [-0.4, -0.2) is 47.8 Å². The molecule has 0 aliphatic carbocycles. The molecule has 0 aromatic heterocycles. The summed E-state index contributed by atoms with van der Waals surface area (Å²) in [5.74, 6) is 0.108. The molecular weight excluding hydrogens is 338 g/mol. The Morgan fingerprint density at radius 1 is 1.11 bits per heavy atom. The molecule has 1 saturated heterocycles. The summed E-state index contributed by atoms with van der Waals surface area (Å²) in [5, 5.41) is 3.06.